The molecule has 0 bridgehead atoms. The highest BCUT2D eigenvalue weighted by Gasteiger charge is 2.16. The average molecular weight is 163 g/mol. The van der Waals surface area contributed by atoms with Crippen molar-refractivity contribution in [3.05, 3.63) is 0 Å². The molecule has 0 radical (unpaired) electrons. The van der Waals surface area contributed by atoms with Crippen LogP contribution in [0.1, 0.15) is 27.2 Å². The van der Waals surface area contributed by atoms with Gasteiger partial charge in [-0.25, -0.2) is 4.89 Å². The van der Waals surface area contributed by atoms with Crippen molar-refractivity contribution in [3.63, 3.8) is 0 Å². The second-order valence-corrected chi connectivity index (χ2v) is 2.60. The third kappa shape index (κ3) is 5.63. The number of carbonyl (C=O) groups excluding carboxylic acids is 1. The minimum atomic E-state index is -1.78. The fraction of sp³-hybridized carbons (Fsp3) is 0.833. The lowest BCUT2D eigenvalue weighted by Crippen LogP contribution is -2.28. The lowest BCUT2D eigenvalue weighted by Gasteiger charge is -2.21. The lowest BCUT2D eigenvalue weighted by atomic mass is 10.1. The van der Waals surface area contributed by atoms with E-state index in [1.807, 2.05) is 6.92 Å². The van der Waals surface area contributed by atoms with Crippen molar-refractivity contribution in [1.82, 2.24) is 0 Å². The zero-order valence-corrected chi connectivity index (χ0v) is 6.75. The third-order valence-corrected chi connectivity index (χ3v) is 1.21. The van der Waals surface area contributed by atoms with E-state index in [0.717, 1.165) is 0 Å². The molecular weight excluding hydrogens is 152 g/mol. The Morgan fingerprint density at radius 3 is 2.45 bits per heavy atom. The van der Waals surface area contributed by atoms with Gasteiger partial charge < -0.3 is 14.8 Å². The van der Waals surface area contributed by atoms with Crippen LogP contribution in [0, 0.1) is 0 Å². The summed E-state index contributed by atoms with van der Waals surface area (Å²) in [6.45, 7) is 5.32. The van der Waals surface area contributed by atoms with Crippen molar-refractivity contribution < 1.29 is 24.7 Å². The Balaban J connectivity index is 3.45. The molecule has 0 fully saturated rings. The summed E-state index contributed by atoms with van der Waals surface area (Å²) in [7, 11) is 0. The summed E-state index contributed by atoms with van der Waals surface area (Å²) in [4.78, 5) is 17.7. The maximum atomic E-state index is 9.64. The molecule has 0 N–H and O–H groups in total. The summed E-state index contributed by atoms with van der Waals surface area (Å²) in [5.41, 5.74) is -0.560. The molecule has 0 aliphatic carbocycles. The van der Waals surface area contributed by atoms with Gasteiger partial charge in [0.2, 0.25) is 0 Å². The first kappa shape index (κ1) is 10.2. The standard InChI is InChI=1S/C6H12O5/c1-4-6(2,3)10-11-9-5(7)8/h4H2,1-3H3,(H,7,8)/p-1. The quantitative estimate of drug-likeness (QED) is 0.443. The molecule has 0 rings (SSSR count). The van der Waals surface area contributed by atoms with Crippen molar-refractivity contribution in [2.45, 2.75) is 32.8 Å². The second kappa shape index (κ2) is 4.15. The Hall–Kier alpha value is -0.810. The van der Waals surface area contributed by atoms with Gasteiger partial charge in [0.15, 0.2) is 0 Å². The maximum absolute atomic E-state index is 9.64. The molecule has 0 aliphatic rings. The normalized spacial score (nSPS) is 11.2. The Bertz CT molecular complexity index is 131. The van der Waals surface area contributed by atoms with Crippen LogP contribution in [0.25, 0.3) is 0 Å². The zero-order chi connectivity index (χ0) is 8.91. The molecule has 0 saturated heterocycles. The number of carboxylic acid groups (broad SMARTS) is 1. The van der Waals surface area contributed by atoms with Crippen molar-refractivity contribution in [2.24, 2.45) is 0 Å². The van der Waals surface area contributed by atoms with Crippen LogP contribution in [0.3, 0.4) is 0 Å². The van der Waals surface area contributed by atoms with Crippen molar-refractivity contribution >= 4 is 6.16 Å². The van der Waals surface area contributed by atoms with Gasteiger partial charge in [0, 0.05) is 0 Å². The van der Waals surface area contributed by atoms with E-state index in [-0.39, 0.29) is 0 Å². The summed E-state index contributed by atoms with van der Waals surface area (Å²) < 4.78 is 0. The fourth-order valence-corrected chi connectivity index (χ4v) is 0.196. The fourth-order valence-electron chi connectivity index (χ4n) is 0.196. The molecule has 0 spiro atoms. The molecule has 0 amide bonds. The van der Waals surface area contributed by atoms with Gasteiger partial charge in [-0.1, -0.05) is 12.0 Å². The van der Waals surface area contributed by atoms with E-state index in [9.17, 15) is 9.90 Å². The highest BCUT2D eigenvalue weighted by Crippen LogP contribution is 2.13. The second-order valence-electron chi connectivity index (χ2n) is 2.60. The molecule has 0 aromatic heterocycles. The van der Waals surface area contributed by atoms with E-state index in [4.69, 9.17) is 0 Å². The van der Waals surface area contributed by atoms with Crippen LogP contribution in [0.2, 0.25) is 0 Å². The molecule has 0 unspecified atom stereocenters. The molecule has 0 heterocycles. The Labute approximate surface area is 64.7 Å². The van der Waals surface area contributed by atoms with Gasteiger partial charge in [-0.05, 0) is 20.3 Å². The van der Waals surface area contributed by atoms with Crippen LogP contribution in [0.5, 0.6) is 0 Å². The predicted octanol–water partition coefficient (Wildman–Crippen LogP) is 0.398. The SMILES string of the molecule is CCC(C)(C)OOOC(=O)[O-]. The largest absolute Gasteiger partial charge is 0.424 e. The topological polar surface area (TPSA) is 67.8 Å². The van der Waals surface area contributed by atoms with E-state index >= 15 is 0 Å². The van der Waals surface area contributed by atoms with E-state index in [1.54, 1.807) is 13.8 Å². The van der Waals surface area contributed by atoms with Gasteiger partial charge in [0.25, 0.3) is 6.16 Å². The average Bonchev–Trinajstić information content (AvgIpc) is 1.87. The lowest BCUT2D eigenvalue weighted by molar-refractivity contribution is -0.534. The highest BCUT2D eigenvalue weighted by atomic mass is 17.5. The number of rotatable bonds is 4. The van der Waals surface area contributed by atoms with Gasteiger partial charge >= 0.3 is 0 Å². The minimum absolute atomic E-state index is 0.560. The van der Waals surface area contributed by atoms with E-state index in [1.165, 1.54) is 0 Å². The summed E-state index contributed by atoms with van der Waals surface area (Å²) in [5, 5.41) is 13.5. The van der Waals surface area contributed by atoms with Crippen molar-refractivity contribution in [2.75, 3.05) is 0 Å². The van der Waals surface area contributed by atoms with Gasteiger partial charge in [-0.3, -0.25) is 0 Å². The first-order valence-corrected chi connectivity index (χ1v) is 3.21. The van der Waals surface area contributed by atoms with Crippen LogP contribution in [0.4, 0.5) is 4.79 Å². The predicted molar refractivity (Wildman–Crippen MR) is 33.0 cm³/mol. The molecule has 0 aromatic carbocycles. The van der Waals surface area contributed by atoms with Gasteiger partial charge in [0.05, 0.1) is 0 Å². The summed E-state index contributed by atoms with van der Waals surface area (Å²) in [6.07, 6.45) is -1.11. The number of hydrogen-bond donors (Lipinski definition) is 0. The first-order chi connectivity index (χ1) is 4.98. The Morgan fingerprint density at radius 1 is 1.55 bits per heavy atom. The summed E-state index contributed by atoms with van der Waals surface area (Å²) in [5.74, 6) is 0. The molecular formula is C6H11O5-. The van der Waals surface area contributed by atoms with Crippen molar-refractivity contribution in [1.29, 1.82) is 0 Å². The Morgan fingerprint density at radius 2 is 2.09 bits per heavy atom. The van der Waals surface area contributed by atoms with Crippen LogP contribution in [-0.2, 0) is 14.8 Å². The molecule has 0 aliphatic heterocycles. The summed E-state index contributed by atoms with van der Waals surface area (Å²) in [6, 6.07) is 0. The molecule has 0 aromatic rings. The van der Waals surface area contributed by atoms with E-state index < -0.39 is 11.8 Å². The maximum Gasteiger partial charge on any atom is 0.281 e. The van der Waals surface area contributed by atoms with E-state index in [0.29, 0.717) is 6.42 Å². The monoisotopic (exact) mass is 163 g/mol. The van der Waals surface area contributed by atoms with Crippen LogP contribution < -0.4 is 5.11 Å². The third-order valence-electron chi connectivity index (χ3n) is 1.21. The van der Waals surface area contributed by atoms with Gasteiger partial charge in [0.1, 0.15) is 5.60 Å². The zero-order valence-electron chi connectivity index (χ0n) is 6.75. The van der Waals surface area contributed by atoms with Crippen LogP contribution >= 0.6 is 0 Å². The summed E-state index contributed by atoms with van der Waals surface area (Å²) >= 11 is 0. The Kier molecular flexibility index (Phi) is 3.84. The molecule has 5 heteroatoms. The minimum Gasteiger partial charge on any atom is -0.424 e. The first-order valence-electron chi connectivity index (χ1n) is 3.21. The van der Waals surface area contributed by atoms with Crippen molar-refractivity contribution in [3.8, 4) is 0 Å². The van der Waals surface area contributed by atoms with Gasteiger partial charge in [-0.15, -0.1) is 0 Å². The molecule has 11 heavy (non-hydrogen) atoms. The number of carbonyl (C=O) groups is 1. The van der Waals surface area contributed by atoms with Crippen LogP contribution in [0.15, 0.2) is 0 Å². The molecule has 0 saturated carbocycles. The van der Waals surface area contributed by atoms with Gasteiger partial charge in [-0.2, -0.15) is 0 Å². The molecule has 0 atom stereocenters. The number of hydrogen-bond acceptors (Lipinski definition) is 5. The highest BCUT2D eigenvalue weighted by molar-refractivity contribution is 5.52. The van der Waals surface area contributed by atoms with E-state index in [2.05, 4.69) is 14.8 Å². The molecule has 66 valence electrons. The smallest absolute Gasteiger partial charge is 0.281 e. The molecule has 5 nitrogen and oxygen atoms in total. The van der Waals surface area contributed by atoms with Crippen LogP contribution in [-0.4, -0.2) is 11.8 Å².